The third kappa shape index (κ3) is 3.87. The van der Waals surface area contributed by atoms with Gasteiger partial charge in [-0.2, -0.15) is 0 Å². The molecule has 0 fully saturated rings. The predicted octanol–water partition coefficient (Wildman–Crippen LogP) is 2.85. The van der Waals surface area contributed by atoms with Gasteiger partial charge in [0.2, 0.25) is 0 Å². The van der Waals surface area contributed by atoms with Crippen LogP contribution in [0.25, 0.3) is 0 Å². The SMILES string of the molecule is CCC(CC)(CO)CNC(C)c1ccc(O)c(OC)c1. The Hall–Kier alpha value is -1.26. The molecule has 0 aliphatic carbocycles. The van der Waals surface area contributed by atoms with Crippen LogP contribution in [-0.4, -0.2) is 30.5 Å². The first kappa shape index (κ1) is 16.8. The number of methoxy groups -OCH3 is 1. The van der Waals surface area contributed by atoms with Gasteiger partial charge in [-0.3, -0.25) is 0 Å². The second-order valence-corrected chi connectivity index (χ2v) is 5.40. The van der Waals surface area contributed by atoms with E-state index in [9.17, 15) is 10.2 Å². The highest BCUT2D eigenvalue weighted by Crippen LogP contribution is 2.30. The molecule has 0 aromatic heterocycles. The lowest BCUT2D eigenvalue weighted by Crippen LogP contribution is -2.37. The molecule has 0 aliphatic heterocycles. The van der Waals surface area contributed by atoms with E-state index in [1.54, 1.807) is 13.2 Å². The molecule has 0 saturated carbocycles. The number of aliphatic hydroxyl groups excluding tert-OH is 1. The van der Waals surface area contributed by atoms with Gasteiger partial charge in [-0.15, -0.1) is 0 Å². The molecule has 0 bridgehead atoms. The fourth-order valence-corrected chi connectivity index (χ4v) is 2.23. The van der Waals surface area contributed by atoms with Crippen molar-refractivity contribution in [1.29, 1.82) is 0 Å². The molecule has 114 valence electrons. The van der Waals surface area contributed by atoms with Gasteiger partial charge >= 0.3 is 0 Å². The van der Waals surface area contributed by atoms with Crippen LogP contribution in [0.3, 0.4) is 0 Å². The van der Waals surface area contributed by atoms with E-state index in [1.807, 2.05) is 12.1 Å². The van der Waals surface area contributed by atoms with Gasteiger partial charge in [0.05, 0.1) is 7.11 Å². The molecule has 3 N–H and O–H groups in total. The average Bonchev–Trinajstić information content (AvgIpc) is 2.49. The van der Waals surface area contributed by atoms with E-state index < -0.39 is 0 Å². The number of aromatic hydroxyl groups is 1. The van der Waals surface area contributed by atoms with Crippen LogP contribution in [0.5, 0.6) is 11.5 Å². The van der Waals surface area contributed by atoms with E-state index in [1.165, 1.54) is 0 Å². The molecule has 4 nitrogen and oxygen atoms in total. The number of ether oxygens (including phenoxy) is 1. The monoisotopic (exact) mass is 281 g/mol. The molecule has 0 radical (unpaired) electrons. The van der Waals surface area contributed by atoms with Crippen LogP contribution < -0.4 is 10.1 Å². The third-order valence-electron chi connectivity index (χ3n) is 4.32. The van der Waals surface area contributed by atoms with Gasteiger partial charge in [-0.25, -0.2) is 0 Å². The minimum absolute atomic E-state index is 0.0603. The number of nitrogens with one attached hydrogen (secondary N) is 1. The van der Waals surface area contributed by atoms with Gasteiger partial charge in [0.15, 0.2) is 11.5 Å². The molecule has 0 spiro atoms. The first-order valence-corrected chi connectivity index (χ1v) is 7.23. The van der Waals surface area contributed by atoms with Crippen LogP contribution in [0, 0.1) is 5.41 Å². The van der Waals surface area contributed by atoms with Crippen molar-refractivity contribution in [1.82, 2.24) is 5.32 Å². The molecular weight excluding hydrogens is 254 g/mol. The highest BCUT2D eigenvalue weighted by Gasteiger charge is 2.25. The van der Waals surface area contributed by atoms with Gasteiger partial charge in [0.25, 0.3) is 0 Å². The standard InChI is InChI=1S/C16H27NO3/c1-5-16(6-2,11-18)10-17-12(3)13-7-8-14(19)15(9-13)20-4/h7-9,12,17-19H,5-6,10-11H2,1-4H3. The van der Waals surface area contributed by atoms with Gasteiger partial charge < -0.3 is 20.3 Å². The van der Waals surface area contributed by atoms with Crippen LogP contribution in [0.1, 0.15) is 45.2 Å². The highest BCUT2D eigenvalue weighted by atomic mass is 16.5. The maximum atomic E-state index is 9.61. The predicted molar refractivity (Wildman–Crippen MR) is 81.2 cm³/mol. The van der Waals surface area contributed by atoms with Crippen molar-refractivity contribution < 1.29 is 14.9 Å². The lowest BCUT2D eigenvalue weighted by Gasteiger charge is -2.31. The summed E-state index contributed by atoms with van der Waals surface area (Å²) in [6.07, 6.45) is 1.89. The van der Waals surface area contributed by atoms with Crippen molar-refractivity contribution in [3.8, 4) is 11.5 Å². The number of benzene rings is 1. The molecule has 0 aliphatic rings. The van der Waals surface area contributed by atoms with Crippen molar-refractivity contribution in [2.24, 2.45) is 5.41 Å². The smallest absolute Gasteiger partial charge is 0.160 e. The number of rotatable bonds is 8. The molecule has 1 aromatic rings. The quantitative estimate of drug-likeness (QED) is 0.685. The Kier molecular flexibility index (Phi) is 6.30. The van der Waals surface area contributed by atoms with E-state index >= 15 is 0 Å². The second-order valence-electron chi connectivity index (χ2n) is 5.40. The Balaban J connectivity index is 2.74. The fraction of sp³-hybridized carbons (Fsp3) is 0.625. The summed E-state index contributed by atoms with van der Waals surface area (Å²) in [6, 6.07) is 5.50. The van der Waals surface area contributed by atoms with Gasteiger partial charge in [-0.05, 0) is 37.5 Å². The minimum Gasteiger partial charge on any atom is -0.504 e. The number of hydrogen-bond donors (Lipinski definition) is 3. The largest absolute Gasteiger partial charge is 0.504 e. The van der Waals surface area contributed by atoms with Crippen LogP contribution in [0.4, 0.5) is 0 Å². The first-order valence-electron chi connectivity index (χ1n) is 7.23. The molecule has 1 unspecified atom stereocenters. The van der Waals surface area contributed by atoms with Crippen LogP contribution in [0.2, 0.25) is 0 Å². The molecule has 0 heterocycles. The summed E-state index contributed by atoms with van der Waals surface area (Å²) in [4.78, 5) is 0. The van der Waals surface area contributed by atoms with E-state index in [4.69, 9.17) is 4.74 Å². The van der Waals surface area contributed by atoms with Crippen LogP contribution in [-0.2, 0) is 0 Å². The summed E-state index contributed by atoms with van der Waals surface area (Å²) in [5.41, 5.74) is 0.994. The highest BCUT2D eigenvalue weighted by molar-refractivity contribution is 5.42. The van der Waals surface area contributed by atoms with E-state index in [-0.39, 0.29) is 23.8 Å². The lowest BCUT2D eigenvalue weighted by molar-refractivity contribution is 0.110. The molecule has 1 aromatic carbocycles. The van der Waals surface area contributed by atoms with Crippen molar-refractivity contribution in [3.63, 3.8) is 0 Å². The van der Waals surface area contributed by atoms with Gasteiger partial charge in [0.1, 0.15) is 0 Å². The Bertz CT molecular complexity index is 408. The van der Waals surface area contributed by atoms with Crippen molar-refractivity contribution in [2.45, 2.75) is 39.7 Å². The Labute approximate surface area is 121 Å². The number of phenols is 1. The summed E-state index contributed by atoms with van der Waals surface area (Å²) in [5, 5.41) is 22.7. The molecule has 0 saturated heterocycles. The number of phenolic OH excluding ortho intramolecular Hbond substituents is 1. The lowest BCUT2D eigenvalue weighted by atomic mass is 9.83. The Morgan fingerprint density at radius 3 is 2.45 bits per heavy atom. The second kappa shape index (κ2) is 7.50. The fourth-order valence-electron chi connectivity index (χ4n) is 2.23. The summed E-state index contributed by atoms with van der Waals surface area (Å²) in [5.74, 6) is 0.630. The summed E-state index contributed by atoms with van der Waals surface area (Å²) < 4.78 is 5.13. The molecule has 20 heavy (non-hydrogen) atoms. The normalized spacial score (nSPS) is 13.2. The number of hydrogen-bond acceptors (Lipinski definition) is 4. The van der Waals surface area contributed by atoms with Crippen LogP contribution >= 0.6 is 0 Å². The first-order chi connectivity index (χ1) is 9.51. The van der Waals surface area contributed by atoms with Crippen molar-refractivity contribution in [3.05, 3.63) is 23.8 Å². The van der Waals surface area contributed by atoms with Crippen molar-refractivity contribution >= 4 is 0 Å². The van der Waals surface area contributed by atoms with Crippen molar-refractivity contribution in [2.75, 3.05) is 20.3 Å². The zero-order chi connectivity index (χ0) is 15.2. The summed E-state index contributed by atoms with van der Waals surface area (Å²) in [6.45, 7) is 7.24. The number of aliphatic hydroxyl groups is 1. The Morgan fingerprint density at radius 2 is 1.95 bits per heavy atom. The molecule has 1 rings (SSSR count). The third-order valence-corrected chi connectivity index (χ3v) is 4.32. The average molecular weight is 281 g/mol. The summed E-state index contributed by atoms with van der Waals surface area (Å²) >= 11 is 0. The van der Waals surface area contributed by atoms with E-state index in [0.29, 0.717) is 5.75 Å². The minimum atomic E-state index is -0.0603. The molecular formula is C16H27NO3. The maximum absolute atomic E-state index is 9.61. The zero-order valence-electron chi connectivity index (χ0n) is 12.9. The van der Waals surface area contributed by atoms with Crippen LogP contribution in [0.15, 0.2) is 18.2 Å². The zero-order valence-corrected chi connectivity index (χ0v) is 12.9. The topological polar surface area (TPSA) is 61.7 Å². The van der Waals surface area contributed by atoms with Gasteiger partial charge in [-0.1, -0.05) is 19.9 Å². The molecule has 4 heteroatoms. The Morgan fingerprint density at radius 1 is 1.30 bits per heavy atom. The van der Waals surface area contributed by atoms with Gasteiger partial charge in [0, 0.05) is 24.6 Å². The maximum Gasteiger partial charge on any atom is 0.160 e. The molecule has 1 atom stereocenters. The molecule has 0 amide bonds. The van der Waals surface area contributed by atoms with E-state index in [0.717, 1.165) is 24.9 Å². The van der Waals surface area contributed by atoms with E-state index in [2.05, 4.69) is 26.1 Å². The summed E-state index contributed by atoms with van der Waals surface area (Å²) in [7, 11) is 1.54.